The number of ether oxygens (including phenoxy) is 1. The van der Waals surface area contributed by atoms with Crippen molar-refractivity contribution < 1.29 is 27.8 Å². The van der Waals surface area contributed by atoms with Crippen LogP contribution in [0, 0.1) is 0 Å². The number of pyridine rings is 1. The number of amides is 2. The van der Waals surface area contributed by atoms with Gasteiger partial charge in [0.05, 0.1) is 42.0 Å². The topological polar surface area (TPSA) is 104 Å². The number of carbonyl (C=O) groups excluding carboxylic acids is 1. The molecule has 5 rings (SSSR count). The number of rotatable bonds is 6. The van der Waals surface area contributed by atoms with Crippen LogP contribution in [-0.2, 0) is 6.18 Å². The lowest BCUT2D eigenvalue weighted by Crippen LogP contribution is -2.48. The number of carbonyl (C=O) groups is 1. The van der Waals surface area contributed by atoms with Gasteiger partial charge in [-0.15, -0.1) is 0 Å². The van der Waals surface area contributed by atoms with Crippen molar-refractivity contribution in [3.05, 3.63) is 54.4 Å². The van der Waals surface area contributed by atoms with Crippen LogP contribution in [-0.4, -0.2) is 58.4 Å². The van der Waals surface area contributed by atoms with Gasteiger partial charge in [0, 0.05) is 37.7 Å². The van der Waals surface area contributed by atoms with Gasteiger partial charge >= 0.3 is 12.2 Å². The lowest BCUT2D eigenvalue weighted by atomic mass is 10.1. The fraction of sp³-hybridized carbons (Fsp3) is 0.333. The zero-order valence-electron chi connectivity index (χ0n) is 19.1. The molecule has 2 aliphatic rings. The van der Waals surface area contributed by atoms with E-state index in [1.807, 2.05) is 0 Å². The first-order valence-electron chi connectivity index (χ1n) is 11.4. The molecule has 2 aliphatic heterocycles. The number of nitrogens with zero attached hydrogens (tertiary/aromatic N) is 5. The van der Waals surface area contributed by atoms with Crippen LogP contribution in [0.15, 0.2) is 48.8 Å². The van der Waals surface area contributed by atoms with Crippen LogP contribution in [0.4, 0.5) is 35.2 Å². The Kier molecular flexibility index (Phi) is 6.35. The number of hydrogen-bond donors (Lipinski definition) is 2. The summed E-state index contributed by atoms with van der Waals surface area (Å²) in [6.07, 6.45) is -0.268. The molecule has 1 fully saturated rings. The monoisotopic (exact) mass is 500 g/mol. The highest BCUT2D eigenvalue weighted by atomic mass is 19.4. The molecule has 1 atom stereocenters. The molecule has 2 aromatic heterocycles. The summed E-state index contributed by atoms with van der Waals surface area (Å²) in [5.41, 5.74) is 0.516. The number of benzene rings is 1. The van der Waals surface area contributed by atoms with Gasteiger partial charge < -0.3 is 20.1 Å². The van der Waals surface area contributed by atoms with Gasteiger partial charge in [-0.1, -0.05) is 12.1 Å². The minimum Gasteiger partial charge on any atom is -0.478 e. The highest BCUT2D eigenvalue weighted by Crippen LogP contribution is 2.40. The summed E-state index contributed by atoms with van der Waals surface area (Å²) in [7, 11) is 0. The van der Waals surface area contributed by atoms with Gasteiger partial charge in [-0.25, -0.2) is 19.7 Å². The summed E-state index contributed by atoms with van der Waals surface area (Å²) >= 11 is 0. The van der Waals surface area contributed by atoms with Crippen LogP contribution < -0.4 is 19.9 Å². The van der Waals surface area contributed by atoms with E-state index >= 15 is 0 Å². The van der Waals surface area contributed by atoms with Crippen molar-refractivity contribution in [3.8, 4) is 17.3 Å². The molecule has 1 saturated heterocycles. The van der Waals surface area contributed by atoms with Crippen LogP contribution in [0.3, 0.4) is 0 Å². The number of nitrogens with one attached hydrogen (secondary N) is 1. The Labute approximate surface area is 204 Å². The maximum Gasteiger partial charge on any atom is 0.416 e. The van der Waals surface area contributed by atoms with Gasteiger partial charge in [-0.2, -0.15) is 13.2 Å². The van der Waals surface area contributed by atoms with Crippen LogP contribution >= 0.6 is 0 Å². The molecule has 2 N–H and O–H groups in total. The molecule has 2 amide bonds. The highest BCUT2D eigenvalue weighted by Gasteiger charge is 2.41. The first-order valence-corrected chi connectivity index (χ1v) is 11.4. The maximum absolute atomic E-state index is 13.3. The largest absolute Gasteiger partial charge is 0.478 e. The van der Waals surface area contributed by atoms with Gasteiger partial charge in [0.15, 0.2) is 11.6 Å². The Bertz CT molecular complexity index is 1250. The quantitative estimate of drug-likeness (QED) is 0.494. The third-order valence-corrected chi connectivity index (χ3v) is 6.05. The molecule has 0 spiro atoms. The Morgan fingerprint density at radius 2 is 2.06 bits per heavy atom. The maximum atomic E-state index is 13.3. The van der Waals surface area contributed by atoms with Gasteiger partial charge in [0.2, 0.25) is 5.88 Å². The first-order chi connectivity index (χ1) is 17.3. The lowest BCUT2D eigenvalue weighted by Gasteiger charge is -2.35. The molecule has 2 bridgehead atoms. The van der Waals surface area contributed by atoms with Gasteiger partial charge in [0.1, 0.15) is 0 Å². The average molecular weight is 500 g/mol. The summed E-state index contributed by atoms with van der Waals surface area (Å²) in [5.74, 6) is 0.821. The number of alkyl halides is 3. The molecular formula is C24H23F3N6O3. The van der Waals surface area contributed by atoms with Crippen molar-refractivity contribution in [1.29, 1.82) is 0 Å². The van der Waals surface area contributed by atoms with E-state index in [4.69, 9.17) is 9.84 Å². The molecule has 1 unspecified atom stereocenters. The second-order valence-electron chi connectivity index (χ2n) is 8.48. The van der Waals surface area contributed by atoms with E-state index in [0.29, 0.717) is 42.6 Å². The smallest absolute Gasteiger partial charge is 0.416 e. The molecule has 12 heteroatoms. The van der Waals surface area contributed by atoms with Gasteiger partial charge in [0.25, 0.3) is 0 Å². The van der Waals surface area contributed by atoms with Crippen LogP contribution in [0.2, 0.25) is 0 Å². The van der Waals surface area contributed by atoms with Crippen molar-refractivity contribution in [2.45, 2.75) is 25.1 Å². The van der Waals surface area contributed by atoms with Gasteiger partial charge in [-0.05, 0) is 24.6 Å². The predicted molar refractivity (Wildman–Crippen MR) is 126 cm³/mol. The minimum absolute atomic E-state index is 0.0169. The summed E-state index contributed by atoms with van der Waals surface area (Å²) in [4.78, 5) is 30.0. The van der Waals surface area contributed by atoms with E-state index in [9.17, 15) is 18.0 Å². The van der Waals surface area contributed by atoms with E-state index in [-0.39, 0.29) is 24.0 Å². The number of halogens is 3. The van der Waals surface area contributed by atoms with Crippen molar-refractivity contribution >= 4 is 23.2 Å². The average Bonchev–Trinajstić information content (AvgIpc) is 3.29. The second-order valence-corrected chi connectivity index (χ2v) is 8.48. The number of anilines is 3. The number of fused-ring (bicyclic) bond motifs is 4. The Morgan fingerprint density at radius 3 is 2.81 bits per heavy atom. The number of aliphatic hydroxyl groups excluding tert-OH is 1. The van der Waals surface area contributed by atoms with Gasteiger partial charge in [-0.3, -0.25) is 4.90 Å². The highest BCUT2D eigenvalue weighted by molar-refractivity contribution is 6.04. The standard InChI is InChI=1S/C24H23F3N6O3/c25-24(26,27)16-4-1-3-15(11-16)21-29-13-19-22(31-21)33(18-7-8-32(19)14-18)23(35)30-17-5-6-20(28-12-17)36-10-2-9-34/h1,3-6,11-13,18,34H,2,7-10,14H2,(H,30,35). The number of hydrogen-bond acceptors (Lipinski definition) is 7. The molecule has 36 heavy (non-hydrogen) atoms. The zero-order valence-corrected chi connectivity index (χ0v) is 19.1. The molecule has 0 aliphatic carbocycles. The van der Waals surface area contributed by atoms with E-state index in [1.54, 1.807) is 23.2 Å². The van der Waals surface area contributed by atoms with Crippen molar-refractivity contribution in [2.24, 2.45) is 0 Å². The van der Waals surface area contributed by atoms with E-state index in [1.165, 1.54) is 18.3 Å². The molecule has 188 valence electrons. The van der Waals surface area contributed by atoms with E-state index < -0.39 is 17.8 Å². The molecular weight excluding hydrogens is 477 g/mol. The van der Waals surface area contributed by atoms with Crippen molar-refractivity contribution in [2.75, 3.05) is 41.4 Å². The molecule has 4 heterocycles. The Hall–Kier alpha value is -3.93. The molecule has 0 saturated carbocycles. The molecule has 9 nitrogen and oxygen atoms in total. The summed E-state index contributed by atoms with van der Waals surface area (Å²) in [5, 5.41) is 11.7. The summed E-state index contributed by atoms with van der Waals surface area (Å²) in [6, 6.07) is 7.51. The summed E-state index contributed by atoms with van der Waals surface area (Å²) in [6.45, 7) is 1.67. The molecule has 0 radical (unpaired) electrons. The molecule has 1 aromatic carbocycles. The van der Waals surface area contributed by atoms with Crippen molar-refractivity contribution in [3.63, 3.8) is 0 Å². The fourth-order valence-corrected chi connectivity index (χ4v) is 4.31. The lowest BCUT2D eigenvalue weighted by molar-refractivity contribution is -0.137. The number of aliphatic hydroxyl groups is 1. The Balaban J connectivity index is 1.41. The van der Waals surface area contributed by atoms with E-state index in [2.05, 4.69) is 25.2 Å². The van der Waals surface area contributed by atoms with E-state index in [0.717, 1.165) is 25.1 Å². The number of urea groups is 1. The SMILES string of the molecule is O=C(Nc1ccc(OCCCO)nc1)N1c2nc(-c3cccc(C(F)(F)F)c3)ncc2N2CCC1C2. The Morgan fingerprint density at radius 1 is 1.19 bits per heavy atom. The molecule has 3 aromatic rings. The van der Waals surface area contributed by atoms with Crippen LogP contribution in [0.25, 0.3) is 11.4 Å². The fourth-order valence-electron chi connectivity index (χ4n) is 4.31. The third kappa shape index (κ3) is 4.76. The summed E-state index contributed by atoms with van der Waals surface area (Å²) < 4.78 is 45.0. The minimum atomic E-state index is -4.49. The van der Waals surface area contributed by atoms with Crippen molar-refractivity contribution in [1.82, 2.24) is 15.0 Å². The zero-order chi connectivity index (χ0) is 25.3. The second kappa shape index (κ2) is 9.61. The first kappa shape index (κ1) is 23.8. The van der Waals surface area contributed by atoms with Crippen LogP contribution in [0.1, 0.15) is 18.4 Å². The number of aromatic nitrogens is 3. The predicted octanol–water partition coefficient (Wildman–Crippen LogP) is 3.95. The van der Waals surface area contributed by atoms with Crippen LogP contribution in [0.5, 0.6) is 5.88 Å². The third-order valence-electron chi connectivity index (χ3n) is 6.05. The normalized spacial score (nSPS) is 16.6.